The maximum atomic E-state index is 11.3. The third kappa shape index (κ3) is 4.54. The Morgan fingerprint density at radius 1 is 1.00 bits per heavy atom. The van der Waals surface area contributed by atoms with Crippen LogP contribution < -0.4 is 15.4 Å². The van der Waals surface area contributed by atoms with E-state index < -0.39 is 0 Å². The van der Waals surface area contributed by atoms with Crippen LogP contribution in [0.5, 0.6) is 5.75 Å². The zero-order valence-corrected chi connectivity index (χ0v) is 14.6. The van der Waals surface area contributed by atoms with Crippen molar-refractivity contribution in [1.29, 1.82) is 0 Å². The molecule has 7 nitrogen and oxygen atoms in total. The first-order chi connectivity index (χ1) is 12.6. The second-order valence-corrected chi connectivity index (χ2v) is 5.51. The Morgan fingerprint density at radius 3 is 2.31 bits per heavy atom. The number of nitrogens with zero attached hydrogens (tertiary/aromatic N) is 3. The molecule has 1 heterocycles. The van der Waals surface area contributed by atoms with Crippen LogP contribution in [0.4, 0.5) is 23.1 Å². The van der Waals surface area contributed by atoms with Gasteiger partial charge < -0.3 is 15.4 Å². The van der Waals surface area contributed by atoms with Crippen molar-refractivity contribution in [2.45, 2.75) is 13.8 Å². The van der Waals surface area contributed by atoms with Crippen molar-refractivity contribution in [1.82, 2.24) is 15.2 Å². The molecule has 0 atom stereocenters. The molecule has 132 valence electrons. The quantitative estimate of drug-likeness (QED) is 0.624. The van der Waals surface area contributed by atoms with Crippen LogP contribution in [0.3, 0.4) is 0 Å². The molecule has 0 saturated carbocycles. The van der Waals surface area contributed by atoms with Crippen LogP contribution in [-0.4, -0.2) is 27.6 Å². The van der Waals surface area contributed by atoms with Crippen LogP contribution in [0.2, 0.25) is 0 Å². The lowest BCUT2D eigenvalue weighted by Crippen LogP contribution is -2.02. The smallest absolute Gasteiger partial charge is 0.249 e. The predicted octanol–water partition coefficient (Wildman–Crippen LogP) is 3.96. The molecule has 0 fully saturated rings. The summed E-state index contributed by atoms with van der Waals surface area (Å²) in [5.41, 5.74) is 2.29. The van der Waals surface area contributed by atoms with Gasteiger partial charge in [-0.3, -0.25) is 4.79 Å². The van der Waals surface area contributed by atoms with Gasteiger partial charge in [0.1, 0.15) is 5.75 Å². The van der Waals surface area contributed by atoms with E-state index in [4.69, 9.17) is 4.74 Å². The highest BCUT2D eigenvalue weighted by Crippen LogP contribution is 2.20. The minimum Gasteiger partial charge on any atom is -0.494 e. The van der Waals surface area contributed by atoms with Crippen LogP contribution in [0.15, 0.2) is 54.7 Å². The Kier molecular flexibility index (Phi) is 5.38. The summed E-state index contributed by atoms with van der Waals surface area (Å²) in [6.45, 7) is 4.11. The van der Waals surface area contributed by atoms with E-state index in [1.54, 1.807) is 30.5 Å². The minimum absolute atomic E-state index is 0.0241. The maximum Gasteiger partial charge on any atom is 0.249 e. The zero-order valence-electron chi connectivity index (χ0n) is 14.6. The van der Waals surface area contributed by atoms with Crippen LogP contribution >= 0.6 is 0 Å². The van der Waals surface area contributed by atoms with Crippen LogP contribution in [0.1, 0.15) is 24.2 Å². The first-order valence-electron chi connectivity index (χ1n) is 8.21. The number of carbonyl (C=O) groups is 1. The lowest BCUT2D eigenvalue weighted by molar-refractivity contribution is 0.101. The monoisotopic (exact) mass is 349 g/mol. The Morgan fingerprint density at radius 2 is 1.65 bits per heavy atom. The van der Waals surface area contributed by atoms with E-state index in [2.05, 4.69) is 25.8 Å². The molecule has 0 aliphatic carbocycles. The van der Waals surface area contributed by atoms with E-state index in [0.29, 0.717) is 23.9 Å². The number of anilines is 4. The van der Waals surface area contributed by atoms with Crippen LogP contribution in [0.25, 0.3) is 0 Å². The lowest BCUT2D eigenvalue weighted by Gasteiger charge is -2.09. The number of Topliss-reactive ketones (excluding diaryl/α,β-unsaturated/α-hetero) is 1. The van der Waals surface area contributed by atoms with Gasteiger partial charge in [0, 0.05) is 16.9 Å². The van der Waals surface area contributed by atoms with Crippen molar-refractivity contribution in [2.75, 3.05) is 17.2 Å². The van der Waals surface area contributed by atoms with E-state index in [1.165, 1.54) is 6.92 Å². The highest BCUT2D eigenvalue weighted by atomic mass is 16.5. The molecule has 0 bridgehead atoms. The molecular formula is C19H19N5O2. The van der Waals surface area contributed by atoms with Gasteiger partial charge in [0.2, 0.25) is 5.95 Å². The molecule has 0 amide bonds. The molecule has 0 aliphatic rings. The summed E-state index contributed by atoms with van der Waals surface area (Å²) in [5, 5.41) is 14.2. The van der Waals surface area contributed by atoms with Gasteiger partial charge in [-0.1, -0.05) is 0 Å². The van der Waals surface area contributed by atoms with Gasteiger partial charge in [-0.15, -0.1) is 5.10 Å². The fourth-order valence-electron chi connectivity index (χ4n) is 2.28. The van der Waals surface area contributed by atoms with Gasteiger partial charge in [-0.2, -0.15) is 10.1 Å². The van der Waals surface area contributed by atoms with E-state index in [1.807, 2.05) is 31.2 Å². The molecule has 0 saturated heterocycles. The van der Waals surface area contributed by atoms with E-state index in [0.717, 1.165) is 17.1 Å². The number of ether oxygens (including phenoxy) is 1. The zero-order chi connectivity index (χ0) is 18.4. The largest absolute Gasteiger partial charge is 0.494 e. The maximum absolute atomic E-state index is 11.3. The average molecular weight is 349 g/mol. The van der Waals surface area contributed by atoms with Gasteiger partial charge in [0.25, 0.3) is 0 Å². The van der Waals surface area contributed by atoms with Gasteiger partial charge in [-0.25, -0.2) is 0 Å². The number of ketones is 1. The fraction of sp³-hybridized carbons (Fsp3) is 0.158. The number of nitrogens with one attached hydrogen (secondary N) is 2. The van der Waals surface area contributed by atoms with Gasteiger partial charge in [0.15, 0.2) is 11.6 Å². The third-order valence-corrected chi connectivity index (χ3v) is 3.54. The summed E-state index contributed by atoms with van der Waals surface area (Å²) in [4.78, 5) is 15.7. The van der Waals surface area contributed by atoms with E-state index >= 15 is 0 Å². The molecular weight excluding hydrogens is 330 g/mol. The van der Waals surface area contributed by atoms with Crippen molar-refractivity contribution >= 4 is 28.9 Å². The average Bonchev–Trinajstić information content (AvgIpc) is 2.64. The number of hydrogen-bond acceptors (Lipinski definition) is 7. The molecule has 0 unspecified atom stereocenters. The number of rotatable bonds is 7. The first-order valence-corrected chi connectivity index (χ1v) is 8.21. The summed E-state index contributed by atoms with van der Waals surface area (Å²) in [6.07, 6.45) is 1.54. The minimum atomic E-state index is 0.0241. The van der Waals surface area contributed by atoms with E-state index in [-0.39, 0.29) is 5.78 Å². The standard InChI is InChI=1S/C19H19N5O2/c1-3-26-17-10-8-15(9-11-17)21-18-12-20-24-19(23-18)22-16-6-4-14(5-7-16)13(2)25/h4-12H,3H2,1-2H3,(H2,21,22,23,24). The van der Waals surface area contributed by atoms with Crippen molar-refractivity contribution in [3.05, 3.63) is 60.3 Å². The third-order valence-electron chi connectivity index (χ3n) is 3.54. The fourth-order valence-corrected chi connectivity index (χ4v) is 2.28. The highest BCUT2D eigenvalue weighted by molar-refractivity contribution is 5.94. The summed E-state index contributed by atoms with van der Waals surface area (Å²) < 4.78 is 5.42. The number of hydrogen-bond donors (Lipinski definition) is 2. The molecule has 0 radical (unpaired) electrons. The molecule has 0 aliphatic heterocycles. The second kappa shape index (κ2) is 8.06. The Hall–Kier alpha value is -3.48. The normalized spacial score (nSPS) is 10.2. The summed E-state index contributed by atoms with van der Waals surface area (Å²) in [7, 11) is 0. The highest BCUT2D eigenvalue weighted by Gasteiger charge is 2.04. The topological polar surface area (TPSA) is 89.0 Å². The lowest BCUT2D eigenvalue weighted by atomic mass is 10.1. The summed E-state index contributed by atoms with van der Waals surface area (Å²) in [5.74, 6) is 1.76. The van der Waals surface area contributed by atoms with Gasteiger partial charge in [0.05, 0.1) is 12.8 Å². The summed E-state index contributed by atoms with van der Waals surface area (Å²) in [6, 6.07) is 14.7. The van der Waals surface area contributed by atoms with Crippen molar-refractivity contribution < 1.29 is 9.53 Å². The molecule has 1 aromatic heterocycles. The van der Waals surface area contributed by atoms with Crippen LogP contribution in [0, 0.1) is 0 Å². The van der Waals surface area contributed by atoms with Crippen molar-refractivity contribution in [2.24, 2.45) is 0 Å². The molecule has 3 aromatic rings. The predicted molar refractivity (Wildman–Crippen MR) is 100 cm³/mol. The van der Waals surface area contributed by atoms with Crippen molar-refractivity contribution in [3.63, 3.8) is 0 Å². The Bertz CT molecular complexity index is 879. The molecule has 3 rings (SSSR count). The SMILES string of the molecule is CCOc1ccc(Nc2cnnc(Nc3ccc(C(C)=O)cc3)n2)cc1. The second-order valence-electron chi connectivity index (χ2n) is 5.51. The number of carbonyl (C=O) groups excluding carboxylic acids is 1. The molecule has 26 heavy (non-hydrogen) atoms. The van der Waals surface area contributed by atoms with Crippen molar-refractivity contribution in [3.8, 4) is 5.75 Å². The van der Waals surface area contributed by atoms with E-state index in [9.17, 15) is 4.79 Å². The Balaban J connectivity index is 1.68. The molecule has 7 heteroatoms. The number of benzene rings is 2. The number of aromatic nitrogens is 3. The molecule has 0 spiro atoms. The Labute approximate surface area is 151 Å². The summed E-state index contributed by atoms with van der Waals surface area (Å²) >= 11 is 0. The first kappa shape index (κ1) is 17.3. The molecule has 2 N–H and O–H groups in total. The van der Waals surface area contributed by atoms with Gasteiger partial charge >= 0.3 is 0 Å². The van der Waals surface area contributed by atoms with Gasteiger partial charge in [-0.05, 0) is 62.4 Å². The van der Waals surface area contributed by atoms with Crippen LogP contribution in [-0.2, 0) is 0 Å². The molecule has 2 aromatic carbocycles.